The van der Waals surface area contributed by atoms with Gasteiger partial charge in [0.05, 0.1) is 11.1 Å². The number of alkyl halides is 6. The molecule has 1 unspecified atom stereocenters. The second kappa shape index (κ2) is 7.23. The highest BCUT2D eigenvalue weighted by molar-refractivity contribution is 9.10. The molecule has 0 spiro atoms. The van der Waals surface area contributed by atoms with Crippen molar-refractivity contribution in [2.45, 2.75) is 16.9 Å². The lowest BCUT2D eigenvalue weighted by molar-refractivity contribution is -0.281. The predicted octanol–water partition coefficient (Wildman–Crippen LogP) is 5.11. The largest absolute Gasteiger partial charge is 0.490 e. The normalized spacial score (nSPS) is 14.1. The second-order valence-electron chi connectivity index (χ2n) is 4.01. The zero-order valence-electron chi connectivity index (χ0n) is 10.7. The van der Waals surface area contributed by atoms with Crippen LogP contribution in [0.1, 0.15) is 10.4 Å². The molecule has 120 valence electrons. The standard InChI is InChI=1S/C12H11Br2F5O2/c1-20-4-5-21-9-3-2-7(6-8(9)13)10(14)11(15,16)12(17,18)19/h2-3,6,10H,4-5H2,1H3. The van der Waals surface area contributed by atoms with E-state index in [1.54, 1.807) is 0 Å². The molecule has 9 heteroatoms. The van der Waals surface area contributed by atoms with Gasteiger partial charge < -0.3 is 9.47 Å². The molecule has 0 amide bonds. The highest BCUT2D eigenvalue weighted by atomic mass is 79.9. The van der Waals surface area contributed by atoms with Gasteiger partial charge in [-0.3, -0.25) is 0 Å². The molecule has 2 nitrogen and oxygen atoms in total. The second-order valence-corrected chi connectivity index (χ2v) is 5.78. The fourth-order valence-corrected chi connectivity index (χ4v) is 2.44. The molecule has 1 rings (SSSR count). The minimum atomic E-state index is -5.64. The van der Waals surface area contributed by atoms with Crippen molar-refractivity contribution in [3.63, 3.8) is 0 Å². The van der Waals surface area contributed by atoms with Gasteiger partial charge in [0.15, 0.2) is 0 Å². The molecule has 0 heterocycles. The first-order valence-corrected chi connectivity index (χ1v) is 7.32. The minimum Gasteiger partial charge on any atom is -0.490 e. The van der Waals surface area contributed by atoms with Crippen LogP contribution in [0.25, 0.3) is 0 Å². The smallest absolute Gasteiger partial charge is 0.454 e. The molecule has 0 fully saturated rings. The molecule has 0 N–H and O–H groups in total. The van der Waals surface area contributed by atoms with Crippen molar-refractivity contribution in [1.29, 1.82) is 0 Å². The van der Waals surface area contributed by atoms with Crippen LogP contribution in [0.2, 0.25) is 0 Å². The average molecular weight is 442 g/mol. The third-order valence-corrected chi connectivity index (χ3v) is 4.21. The Morgan fingerprint density at radius 1 is 1.14 bits per heavy atom. The number of methoxy groups -OCH3 is 1. The molecule has 0 bridgehead atoms. The van der Waals surface area contributed by atoms with Crippen molar-refractivity contribution < 1.29 is 31.4 Å². The fourth-order valence-electron chi connectivity index (χ4n) is 1.38. The third-order valence-electron chi connectivity index (χ3n) is 2.49. The topological polar surface area (TPSA) is 18.5 Å². The summed E-state index contributed by atoms with van der Waals surface area (Å²) in [6.45, 7) is 0.548. The molecule has 1 aromatic carbocycles. The summed E-state index contributed by atoms with van der Waals surface area (Å²) >= 11 is 5.49. The van der Waals surface area contributed by atoms with Crippen molar-refractivity contribution in [2.75, 3.05) is 20.3 Å². The highest BCUT2D eigenvalue weighted by Crippen LogP contribution is 2.49. The summed E-state index contributed by atoms with van der Waals surface area (Å²) in [5.74, 6) is -4.56. The Hall–Kier alpha value is -0.410. The maximum Gasteiger partial charge on any atom is 0.454 e. The summed E-state index contributed by atoms with van der Waals surface area (Å²) in [7, 11) is 1.48. The summed E-state index contributed by atoms with van der Waals surface area (Å²) in [5.41, 5.74) is -0.219. The lowest BCUT2D eigenvalue weighted by Gasteiger charge is -2.25. The lowest BCUT2D eigenvalue weighted by atomic mass is 10.1. The molecule has 0 radical (unpaired) electrons. The van der Waals surface area contributed by atoms with E-state index in [2.05, 4.69) is 31.9 Å². The number of halogens is 7. The highest BCUT2D eigenvalue weighted by Gasteiger charge is 2.62. The summed E-state index contributed by atoms with van der Waals surface area (Å²) < 4.78 is 73.8. The van der Waals surface area contributed by atoms with Crippen LogP contribution in [0.3, 0.4) is 0 Å². The Morgan fingerprint density at radius 2 is 1.76 bits per heavy atom. The van der Waals surface area contributed by atoms with Gasteiger partial charge >= 0.3 is 12.1 Å². The van der Waals surface area contributed by atoms with Crippen LogP contribution in [-0.4, -0.2) is 32.4 Å². The molecule has 0 aliphatic heterocycles. The number of rotatable bonds is 6. The van der Waals surface area contributed by atoms with E-state index in [9.17, 15) is 22.0 Å². The monoisotopic (exact) mass is 440 g/mol. The van der Waals surface area contributed by atoms with Gasteiger partial charge in [-0.15, -0.1) is 0 Å². The van der Waals surface area contributed by atoms with Crippen LogP contribution in [0.15, 0.2) is 22.7 Å². The van der Waals surface area contributed by atoms with E-state index in [1.165, 1.54) is 13.2 Å². The van der Waals surface area contributed by atoms with Crippen LogP contribution in [0, 0.1) is 0 Å². The van der Waals surface area contributed by atoms with Gasteiger partial charge in [0.25, 0.3) is 0 Å². The van der Waals surface area contributed by atoms with Gasteiger partial charge in [-0.2, -0.15) is 22.0 Å². The number of ether oxygens (including phenoxy) is 2. The molecule has 0 aliphatic rings. The quantitative estimate of drug-likeness (QED) is 0.347. The summed E-state index contributed by atoms with van der Waals surface area (Å²) in [5, 5.41) is 0. The van der Waals surface area contributed by atoms with Crippen LogP contribution >= 0.6 is 31.9 Å². The Bertz CT molecular complexity index is 479. The molecular weight excluding hydrogens is 431 g/mol. The van der Waals surface area contributed by atoms with Crippen LogP contribution in [0.4, 0.5) is 22.0 Å². The number of hydrogen-bond acceptors (Lipinski definition) is 2. The van der Waals surface area contributed by atoms with Crippen molar-refractivity contribution in [1.82, 2.24) is 0 Å². The Balaban J connectivity index is 2.93. The first-order valence-electron chi connectivity index (χ1n) is 5.61. The van der Waals surface area contributed by atoms with Crippen molar-refractivity contribution in [2.24, 2.45) is 0 Å². The minimum absolute atomic E-state index is 0.219. The third kappa shape index (κ3) is 4.53. The molecule has 1 aromatic rings. The zero-order chi connectivity index (χ0) is 16.3. The van der Waals surface area contributed by atoms with Crippen molar-refractivity contribution >= 4 is 31.9 Å². The van der Waals surface area contributed by atoms with Crippen molar-refractivity contribution in [3.05, 3.63) is 28.2 Å². The fraction of sp³-hybridized carbons (Fsp3) is 0.500. The average Bonchev–Trinajstić information content (AvgIpc) is 2.38. The summed E-state index contributed by atoms with van der Waals surface area (Å²) in [6.07, 6.45) is -5.64. The number of benzene rings is 1. The van der Waals surface area contributed by atoms with Crippen LogP contribution in [0.5, 0.6) is 5.75 Å². The predicted molar refractivity (Wildman–Crippen MR) is 74.2 cm³/mol. The first-order chi connectivity index (χ1) is 9.61. The number of hydrogen-bond donors (Lipinski definition) is 0. The Labute approximate surface area is 134 Å². The van der Waals surface area contributed by atoms with E-state index in [4.69, 9.17) is 9.47 Å². The van der Waals surface area contributed by atoms with Crippen molar-refractivity contribution in [3.8, 4) is 5.75 Å². The van der Waals surface area contributed by atoms with E-state index in [1.807, 2.05) is 0 Å². The van der Waals surface area contributed by atoms with Gasteiger partial charge in [0, 0.05) is 7.11 Å². The maximum atomic E-state index is 13.3. The molecule has 0 saturated heterocycles. The molecule has 0 saturated carbocycles. The Kier molecular flexibility index (Phi) is 6.42. The van der Waals surface area contributed by atoms with Crippen LogP contribution < -0.4 is 4.74 Å². The Morgan fingerprint density at radius 3 is 2.24 bits per heavy atom. The zero-order valence-corrected chi connectivity index (χ0v) is 13.9. The molecular formula is C12H11Br2F5O2. The van der Waals surface area contributed by atoms with E-state index < -0.39 is 16.9 Å². The summed E-state index contributed by atoms with van der Waals surface area (Å²) in [4.78, 5) is -2.19. The van der Waals surface area contributed by atoms with Crippen LogP contribution in [-0.2, 0) is 4.74 Å². The van der Waals surface area contributed by atoms with Gasteiger partial charge in [-0.05, 0) is 33.6 Å². The van der Waals surface area contributed by atoms with Gasteiger partial charge in [0.2, 0.25) is 0 Å². The van der Waals surface area contributed by atoms with E-state index in [0.29, 0.717) is 12.4 Å². The molecule has 0 aliphatic carbocycles. The molecule has 1 atom stereocenters. The van der Waals surface area contributed by atoms with E-state index >= 15 is 0 Å². The molecule has 0 aromatic heterocycles. The van der Waals surface area contributed by atoms with Gasteiger partial charge in [0.1, 0.15) is 17.2 Å². The summed E-state index contributed by atoms with van der Waals surface area (Å²) in [6, 6.07) is 3.61. The van der Waals surface area contributed by atoms with Gasteiger partial charge in [-0.25, -0.2) is 0 Å². The lowest BCUT2D eigenvalue weighted by Crippen LogP contribution is -2.39. The van der Waals surface area contributed by atoms with Gasteiger partial charge in [-0.1, -0.05) is 22.0 Å². The maximum absolute atomic E-state index is 13.3. The first kappa shape index (κ1) is 18.6. The molecule has 21 heavy (non-hydrogen) atoms. The van der Waals surface area contributed by atoms with E-state index in [-0.39, 0.29) is 16.6 Å². The van der Waals surface area contributed by atoms with E-state index in [0.717, 1.165) is 12.1 Å². The SMILES string of the molecule is COCCOc1ccc(C(Br)C(F)(F)C(F)(F)F)cc1Br.